The van der Waals surface area contributed by atoms with Gasteiger partial charge in [-0.15, -0.1) is 11.3 Å². The van der Waals surface area contributed by atoms with E-state index in [0.29, 0.717) is 0 Å². The lowest BCUT2D eigenvalue weighted by Gasteiger charge is -2.36. The third-order valence-corrected chi connectivity index (χ3v) is 6.16. The Morgan fingerprint density at radius 2 is 1.76 bits per heavy atom. The van der Waals surface area contributed by atoms with Crippen molar-refractivity contribution in [3.05, 3.63) is 41.5 Å². The molecule has 0 radical (unpaired) electrons. The quantitative estimate of drug-likeness (QED) is 0.716. The van der Waals surface area contributed by atoms with Gasteiger partial charge in [-0.2, -0.15) is 0 Å². The first-order valence-corrected chi connectivity index (χ1v) is 9.98. The van der Waals surface area contributed by atoms with Crippen LogP contribution in [0.2, 0.25) is 0 Å². The molecule has 1 saturated carbocycles. The molecule has 5 heteroatoms. The number of hydrogen-bond donors (Lipinski definition) is 0. The fourth-order valence-electron chi connectivity index (χ4n) is 3.82. The molecule has 2 aliphatic rings. The molecule has 0 spiro atoms. The van der Waals surface area contributed by atoms with E-state index in [1.165, 1.54) is 29.4 Å². The van der Waals surface area contributed by atoms with Gasteiger partial charge in [0, 0.05) is 43.2 Å². The fraction of sp³-hybridized carbons (Fsp3) is 0.400. The Kier molecular flexibility index (Phi) is 3.71. The first kappa shape index (κ1) is 15.3. The van der Waals surface area contributed by atoms with Gasteiger partial charge in [-0.05, 0) is 25.3 Å². The van der Waals surface area contributed by atoms with Crippen LogP contribution >= 0.6 is 11.3 Å². The van der Waals surface area contributed by atoms with Crippen molar-refractivity contribution >= 4 is 27.4 Å². The Morgan fingerprint density at radius 3 is 2.48 bits per heavy atom. The van der Waals surface area contributed by atoms with Crippen LogP contribution in [0.25, 0.3) is 21.3 Å². The second-order valence-electron chi connectivity index (χ2n) is 7.04. The molecule has 1 aliphatic carbocycles. The standard InChI is InChI=1S/C20H22N4S/c1-14-21-19(24-11-9-23(10-12-24)16-7-8-16)18-17(13-25-20(18)22-14)15-5-3-2-4-6-15/h2-6,13,16H,7-12H2,1H3. The minimum absolute atomic E-state index is 0.857. The predicted octanol–water partition coefficient (Wildman–Crippen LogP) is 3.95. The van der Waals surface area contributed by atoms with Crippen LogP contribution in [0.5, 0.6) is 0 Å². The van der Waals surface area contributed by atoms with Gasteiger partial charge < -0.3 is 4.90 Å². The number of aryl methyl sites for hydroxylation is 1. The SMILES string of the molecule is Cc1nc(N2CCN(C3CC3)CC2)c2c(-c3ccccc3)csc2n1. The van der Waals surface area contributed by atoms with Crippen molar-refractivity contribution in [2.45, 2.75) is 25.8 Å². The Labute approximate surface area is 152 Å². The average Bonchev–Trinajstić information content (AvgIpc) is 3.42. The van der Waals surface area contributed by atoms with Crippen LogP contribution in [0.1, 0.15) is 18.7 Å². The Hall–Kier alpha value is -1.98. The maximum atomic E-state index is 4.87. The van der Waals surface area contributed by atoms with Gasteiger partial charge in [0.2, 0.25) is 0 Å². The summed E-state index contributed by atoms with van der Waals surface area (Å²) in [5, 5.41) is 3.46. The van der Waals surface area contributed by atoms with E-state index in [1.807, 2.05) is 6.92 Å². The molecule has 3 aromatic rings. The van der Waals surface area contributed by atoms with E-state index in [-0.39, 0.29) is 0 Å². The molecule has 1 aromatic carbocycles. The topological polar surface area (TPSA) is 32.3 Å². The molecule has 128 valence electrons. The van der Waals surface area contributed by atoms with Gasteiger partial charge in [-0.25, -0.2) is 9.97 Å². The van der Waals surface area contributed by atoms with E-state index in [4.69, 9.17) is 9.97 Å². The monoisotopic (exact) mass is 350 g/mol. The van der Waals surface area contributed by atoms with Crippen molar-refractivity contribution in [3.63, 3.8) is 0 Å². The molecule has 0 amide bonds. The average molecular weight is 350 g/mol. The van der Waals surface area contributed by atoms with Crippen molar-refractivity contribution in [2.24, 2.45) is 0 Å². The van der Waals surface area contributed by atoms with E-state index in [1.54, 1.807) is 11.3 Å². The van der Waals surface area contributed by atoms with Gasteiger partial charge in [0.1, 0.15) is 16.5 Å². The fourth-order valence-corrected chi connectivity index (χ4v) is 4.81. The zero-order valence-corrected chi connectivity index (χ0v) is 15.3. The highest BCUT2D eigenvalue weighted by atomic mass is 32.1. The van der Waals surface area contributed by atoms with Crippen molar-refractivity contribution in [2.75, 3.05) is 31.1 Å². The Balaban J connectivity index is 1.56. The third-order valence-electron chi connectivity index (χ3n) is 5.29. The van der Waals surface area contributed by atoms with Crippen LogP contribution in [0.3, 0.4) is 0 Å². The number of piperazine rings is 1. The number of hydrogen-bond acceptors (Lipinski definition) is 5. The van der Waals surface area contributed by atoms with Gasteiger partial charge in [0.15, 0.2) is 0 Å². The Bertz CT molecular complexity index is 893. The lowest BCUT2D eigenvalue weighted by molar-refractivity contribution is 0.248. The number of benzene rings is 1. The highest BCUT2D eigenvalue weighted by Gasteiger charge is 2.32. The van der Waals surface area contributed by atoms with E-state index in [2.05, 4.69) is 45.5 Å². The zero-order valence-electron chi connectivity index (χ0n) is 14.5. The summed E-state index contributed by atoms with van der Waals surface area (Å²) in [4.78, 5) is 15.8. The Morgan fingerprint density at radius 1 is 1.00 bits per heavy atom. The molecule has 3 heterocycles. The highest BCUT2D eigenvalue weighted by molar-refractivity contribution is 7.17. The summed E-state index contributed by atoms with van der Waals surface area (Å²) in [5.41, 5.74) is 2.51. The maximum absolute atomic E-state index is 4.87. The molecule has 2 fully saturated rings. The van der Waals surface area contributed by atoms with Crippen molar-refractivity contribution < 1.29 is 0 Å². The zero-order chi connectivity index (χ0) is 16.8. The molecule has 25 heavy (non-hydrogen) atoms. The number of rotatable bonds is 3. The molecule has 0 bridgehead atoms. The molecule has 0 N–H and O–H groups in total. The first-order chi connectivity index (χ1) is 12.3. The summed E-state index contributed by atoms with van der Waals surface area (Å²) < 4.78 is 0. The molecule has 1 aliphatic heterocycles. The first-order valence-electron chi connectivity index (χ1n) is 9.10. The maximum Gasteiger partial charge on any atom is 0.141 e. The summed E-state index contributed by atoms with van der Waals surface area (Å²) in [6, 6.07) is 11.5. The summed E-state index contributed by atoms with van der Waals surface area (Å²) in [7, 11) is 0. The number of nitrogens with zero attached hydrogens (tertiary/aromatic N) is 4. The lowest BCUT2D eigenvalue weighted by atomic mass is 10.1. The van der Waals surface area contributed by atoms with Crippen LogP contribution in [-0.4, -0.2) is 47.1 Å². The van der Waals surface area contributed by atoms with Gasteiger partial charge in [-0.3, -0.25) is 4.90 Å². The van der Waals surface area contributed by atoms with Gasteiger partial charge >= 0.3 is 0 Å². The van der Waals surface area contributed by atoms with Crippen molar-refractivity contribution in [1.82, 2.24) is 14.9 Å². The number of thiophene rings is 1. The molecular formula is C20H22N4S. The summed E-state index contributed by atoms with van der Waals surface area (Å²) in [5.74, 6) is 1.99. The van der Waals surface area contributed by atoms with Crippen molar-refractivity contribution in [1.29, 1.82) is 0 Å². The minimum atomic E-state index is 0.857. The highest BCUT2D eigenvalue weighted by Crippen LogP contribution is 2.39. The van der Waals surface area contributed by atoms with Crippen LogP contribution in [0.15, 0.2) is 35.7 Å². The van der Waals surface area contributed by atoms with Crippen LogP contribution in [0.4, 0.5) is 5.82 Å². The number of fused-ring (bicyclic) bond motifs is 1. The third kappa shape index (κ3) is 2.81. The number of anilines is 1. The van der Waals surface area contributed by atoms with Gasteiger partial charge in [0.05, 0.1) is 5.39 Å². The van der Waals surface area contributed by atoms with E-state index >= 15 is 0 Å². The van der Waals surface area contributed by atoms with Crippen molar-refractivity contribution in [3.8, 4) is 11.1 Å². The lowest BCUT2D eigenvalue weighted by Crippen LogP contribution is -2.47. The van der Waals surface area contributed by atoms with Crippen LogP contribution in [0, 0.1) is 6.92 Å². The smallest absolute Gasteiger partial charge is 0.141 e. The van der Waals surface area contributed by atoms with E-state index in [9.17, 15) is 0 Å². The van der Waals surface area contributed by atoms with E-state index in [0.717, 1.165) is 48.7 Å². The predicted molar refractivity (Wildman–Crippen MR) is 104 cm³/mol. The molecular weight excluding hydrogens is 328 g/mol. The molecule has 0 atom stereocenters. The molecule has 4 nitrogen and oxygen atoms in total. The summed E-state index contributed by atoms with van der Waals surface area (Å²) in [6.45, 7) is 6.43. The van der Waals surface area contributed by atoms with Crippen LogP contribution in [-0.2, 0) is 0 Å². The number of aromatic nitrogens is 2. The molecule has 5 rings (SSSR count). The van der Waals surface area contributed by atoms with Gasteiger partial charge in [-0.1, -0.05) is 30.3 Å². The normalized spacial score (nSPS) is 18.8. The second kappa shape index (κ2) is 6.07. The van der Waals surface area contributed by atoms with E-state index < -0.39 is 0 Å². The van der Waals surface area contributed by atoms with Gasteiger partial charge in [0.25, 0.3) is 0 Å². The minimum Gasteiger partial charge on any atom is -0.353 e. The summed E-state index contributed by atoms with van der Waals surface area (Å²) in [6.07, 6.45) is 2.78. The van der Waals surface area contributed by atoms with Crippen LogP contribution < -0.4 is 4.90 Å². The molecule has 2 aromatic heterocycles. The molecule has 0 unspecified atom stereocenters. The second-order valence-corrected chi connectivity index (χ2v) is 7.90. The molecule has 1 saturated heterocycles. The largest absolute Gasteiger partial charge is 0.353 e. The summed E-state index contributed by atoms with van der Waals surface area (Å²) >= 11 is 1.73.